The van der Waals surface area contributed by atoms with E-state index < -0.39 is 0 Å². The number of aromatic nitrogens is 6. The van der Waals surface area contributed by atoms with E-state index in [0.29, 0.717) is 17.6 Å². The summed E-state index contributed by atoms with van der Waals surface area (Å²) in [6, 6.07) is 86.3. The van der Waals surface area contributed by atoms with Gasteiger partial charge in [0, 0.05) is 54.7 Å². The molecule has 0 aliphatic carbocycles. The minimum atomic E-state index is 0.548. The van der Waals surface area contributed by atoms with Crippen molar-refractivity contribution in [3.8, 4) is 62.4 Å². The highest BCUT2D eigenvalue weighted by Crippen LogP contribution is 2.43. The number of hydrogen-bond donors (Lipinski definition) is 0. The van der Waals surface area contributed by atoms with Crippen LogP contribution in [0.5, 0.6) is 0 Å². The van der Waals surface area contributed by atoms with Gasteiger partial charge in [0.1, 0.15) is 0 Å². The summed E-state index contributed by atoms with van der Waals surface area (Å²) in [6.07, 6.45) is 0. The molecule has 0 spiro atoms. The number of hydrogen-bond acceptors (Lipinski definition) is 3. The first-order valence-corrected chi connectivity index (χ1v) is 23.4. The third-order valence-electron chi connectivity index (χ3n) is 13.7. The van der Waals surface area contributed by atoms with Crippen LogP contribution in [0.3, 0.4) is 0 Å². The van der Waals surface area contributed by atoms with Gasteiger partial charge in [-0.05, 0) is 71.3 Å². The molecule has 0 atom stereocenters. The van der Waals surface area contributed by atoms with E-state index in [1.807, 2.05) is 18.2 Å². The first kappa shape index (κ1) is 38.8. The lowest BCUT2D eigenvalue weighted by atomic mass is 9.98. The molecule has 0 aliphatic rings. The quantitative estimate of drug-likeness (QED) is 0.160. The van der Waals surface area contributed by atoms with Crippen molar-refractivity contribution in [3.63, 3.8) is 0 Å². The molecule has 4 aromatic heterocycles. The molecule has 6 nitrogen and oxygen atoms in total. The van der Waals surface area contributed by atoms with Gasteiger partial charge in [0.2, 0.25) is 5.95 Å². The van der Waals surface area contributed by atoms with Crippen LogP contribution in [0, 0.1) is 0 Å². The van der Waals surface area contributed by atoms with Crippen molar-refractivity contribution in [3.05, 3.63) is 243 Å². The number of fused-ring (bicyclic) bond motifs is 9. The minimum Gasteiger partial charge on any atom is -0.309 e. The fourth-order valence-corrected chi connectivity index (χ4v) is 10.7. The van der Waals surface area contributed by atoms with Crippen molar-refractivity contribution < 1.29 is 0 Å². The zero-order valence-electron chi connectivity index (χ0n) is 37.3. The number of nitrogens with zero attached hydrogens (tertiary/aromatic N) is 6. The fraction of sp³-hybridized carbons (Fsp3) is 0. The van der Waals surface area contributed by atoms with Gasteiger partial charge in [-0.3, -0.25) is 4.57 Å². The lowest BCUT2D eigenvalue weighted by molar-refractivity contribution is 0.954. The van der Waals surface area contributed by atoms with E-state index in [4.69, 9.17) is 15.0 Å². The summed E-state index contributed by atoms with van der Waals surface area (Å²) in [4.78, 5) is 16.3. The van der Waals surface area contributed by atoms with Gasteiger partial charge in [-0.2, -0.15) is 9.97 Å². The van der Waals surface area contributed by atoms with Gasteiger partial charge >= 0.3 is 0 Å². The molecule has 322 valence electrons. The SMILES string of the molecule is c1ccc(-c2ccc(-c3ccccc3)c(-n3c4ccccc4c4cc5c6ccccc6n(-c6nc(-c7ccccc7)nc(-c7cccc8c7c7ccccc7n8-c7ccccc7)n6)c5cc43)c2)cc1. The number of benzene rings is 10. The lowest BCUT2D eigenvalue weighted by Gasteiger charge is -2.16. The molecule has 0 saturated heterocycles. The van der Waals surface area contributed by atoms with Crippen LogP contribution in [-0.4, -0.2) is 28.7 Å². The van der Waals surface area contributed by atoms with E-state index in [0.717, 1.165) is 93.8 Å². The second-order valence-corrected chi connectivity index (χ2v) is 17.6. The summed E-state index contributed by atoms with van der Waals surface area (Å²) in [5.74, 6) is 1.75. The molecule has 0 amide bonds. The molecule has 10 aromatic carbocycles. The van der Waals surface area contributed by atoms with E-state index in [1.165, 1.54) is 16.3 Å². The van der Waals surface area contributed by atoms with Crippen LogP contribution < -0.4 is 0 Å². The molecule has 0 N–H and O–H groups in total. The predicted octanol–water partition coefficient (Wildman–Crippen LogP) is 15.8. The third-order valence-corrected chi connectivity index (χ3v) is 13.7. The molecule has 14 aromatic rings. The van der Waals surface area contributed by atoms with E-state index in [-0.39, 0.29) is 0 Å². The molecule has 69 heavy (non-hydrogen) atoms. The Morgan fingerprint density at radius 1 is 0.261 bits per heavy atom. The Labute approximate surface area is 397 Å². The zero-order chi connectivity index (χ0) is 45.4. The largest absolute Gasteiger partial charge is 0.309 e. The van der Waals surface area contributed by atoms with Crippen LogP contribution in [-0.2, 0) is 0 Å². The van der Waals surface area contributed by atoms with Gasteiger partial charge in [-0.1, -0.05) is 188 Å². The Hall–Kier alpha value is -9.39. The van der Waals surface area contributed by atoms with E-state index in [2.05, 4.69) is 238 Å². The molecule has 0 unspecified atom stereocenters. The van der Waals surface area contributed by atoms with Gasteiger partial charge in [0.25, 0.3) is 0 Å². The standard InChI is InChI=1S/C63H40N6/c1-5-20-41(21-6-1)44-36-37-46(42-22-7-2-8-23-42)57(38-44)68-53-32-16-13-28-47(53)51-39-52-48-29-14-17-33-54(48)69(59(52)40-58(51)68)63-65-61(43-24-9-3-10-25-43)64-62(66-63)50-31-19-35-56-60(50)49-30-15-18-34-55(49)67(56)45-26-11-4-12-27-45/h1-40H. The Kier molecular flexibility index (Phi) is 8.79. The second kappa shape index (κ2) is 15.6. The second-order valence-electron chi connectivity index (χ2n) is 17.6. The van der Waals surface area contributed by atoms with Crippen LogP contribution in [0.1, 0.15) is 0 Å². The van der Waals surface area contributed by atoms with Crippen molar-refractivity contribution in [1.82, 2.24) is 28.7 Å². The van der Waals surface area contributed by atoms with Crippen LogP contribution in [0.2, 0.25) is 0 Å². The molecular formula is C63H40N6. The Morgan fingerprint density at radius 3 is 1.46 bits per heavy atom. The predicted molar refractivity (Wildman–Crippen MR) is 285 cm³/mol. The van der Waals surface area contributed by atoms with Gasteiger partial charge in [0.05, 0.1) is 38.8 Å². The summed E-state index contributed by atoms with van der Waals surface area (Å²) in [7, 11) is 0. The minimum absolute atomic E-state index is 0.548. The first-order valence-electron chi connectivity index (χ1n) is 23.4. The molecule has 14 rings (SSSR count). The summed E-state index contributed by atoms with van der Waals surface area (Å²) < 4.78 is 7.04. The van der Waals surface area contributed by atoms with Crippen molar-refractivity contribution in [2.45, 2.75) is 0 Å². The van der Waals surface area contributed by atoms with Crippen LogP contribution >= 0.6 is 0 Å². The monoisotopic (exact) mass is 880 g/mol. The lowest BCUT2D eigenvalue weighted by Crippen LogP contribution is -2.06. The van der Waals surface area contributed by atoms with Gasteiger partial charge < -0.3 is 9.13 Å². The average molecular weight is 881 g/mol. The highest BCUT2D eigenvalue weighted by molar-refractivity contribution is 6.20. The molecule has 0 aliphatic heterocycles. The maximum atomic E-state index is 5.54. The van der Waals surface area contributed by atoms with Crippen LogP contribution in [0.25, 0.3) is 128 Å². The van der Waals surface area contributed by atoms with Crippen molar-refractivity contribution in [2.75, 3.05) is 0 Å². The van der Waals surface area contributed by atoms with Crippen molar-refractivity contribution in [2.24, 2.45) is 0 Å². The van der Waals surface area contributed by atoms with Gasteiger partial charge in [0.15, 0.2) is 11.6 Å². The molecule has 0 radical (unpaired) electrons. The van der Waals surface area contributed by atoms with Gasteiger partial charge in [-0.25, -0.2) is 4.98 Å². The summed E-state index contributed by atoms with van der Waals surface area (Å²) >= 11 is 0. The van der Waals surface area contributed by atoms with Crippen LogP contribution in [0.15, 0.2) is 243 Å². The fourth-order valence-electron chi connectivity index (χ4n) is 10.7. The normalized spacial score (nSPS) is 11.8. The first-order chi connectivity index (χ1) is 34.2. The molecule has 0 bridgehead atoms. The van der Waals surface area contributed by atoms with E-state index in [1.54, 1.807) is 0 Å². The summed E-state index contributed by atoms with van der Waals surface area (Å²) in [5.41, 5.74) is 15.1. The molecule has 6 heteroatoms. The van der Waals surface area contributed by atoms with Gasteiger partial charge in [-0.15, -0.1) is 0 Å². The topological polar surface area (TPSA) is 53.5 Å². The Balaban J connectivity index is 1.07. The van der Waals surface area contributed by atoms with Crippen molar-refractivity contribution >= 4 is 65.4 Å². The smallest absolute Gasteiger partial charge is 0.238 e. The van der Waals surface area contributed by atoms with Crippen molar-refractivity contribution in [1.29, 1.82) is 0 Å². The Morgan fingerprint density at radius 2 is 0.783 bits per heavy atom. The van der Waals surface area contributed by atoms with Crippen LogP contribution in [0.4, 0.5) is 0 Å². The van der Waals surface area contributed by atoms with E-state index >= 15 is 0 Å². The third kappa shape index (κ3) is 6.16. The molecular weight excluding hydrogens is 841 g/mol. The maximum Gasteiger partial charge on any atom is 0.238 e. The summed E-state index contributed by atoms with van der Waals surface area (Å²) in [5, 5.41) is 6.83. The summed E-state index contributed by atoms with van der Waals surface area (Å²) in [6.45, 7) is 0. The maximum absolute atomic E-state index is 5.54. The van der Waals surface area contributed by atoms with E-state index in [9.17, 15) is 0 Å². The molecule has 4 heterocycles. The highest BCUT2D eigenvalue weighted by Gasteiger charge is 2.24. The molecule has 0 saturated carbocycles. The molecule has 0 fully saturated rings. The zero-order valence-corrected chi connectivity index (χ0v) is 37.3. The highest BCUT2D eigenvalue weighted by atomic mass is 15.2. The number of para-hydroxylation sites is 4. The number of rotatable bonds is 7. The Bertz CT molecular complexity index is 4280. The average Bonchev–Trinajstić information content (AvgIpc) is 4.06.